The molecule has 0 aliphatic heterocycles. The molecule has 0 aromatic heterocycles. The van der Waals surface area contributed by atoms with Crippen LogP contribution in [0, 0.1) is 92.7 Å². The molecule has 0 radical (unpaired) electrons. The van der Waals surface area contributed by atoms with E-state index in [1.807, 2.05) is 0 Å². The number of carbonyl (C=O) groups is 2. The number of carbonyl (C=O) groups excluding carboxylic acids is 1. The third kappa shape index (κ3) is 6.37. The molecule has 6 nitrogen and oxygen atoms in total. The number of hydrogen-bond donors (Lipinski definition) is 3. The van der Waals surface area contributed by atoms with E-state index in [0.717, 1.165) is 51.4 Å². The van der Waals surface area contributed by atoms with Gasteiger partial charge in [0, 0.05) is 12.8 Å². The van der Waals surface area contributed by atoms with Gasteiger partial charge in [0.05, 0.1) is 12.2 Å². The summed E-state index contributed by atoms with van der Waals surface area (Å²) in [5.41, 5.74) is 1.07. The van der Waals surface area contributed by atoms with Crippen molar-refractivity contribution >= 4 is 11.9 Å². The summed E-state index contributed by atoms with van der Waals surface area (Å²) < 4.78 is 6.32. The van der Waals surface area contributed by atoms with Gasteiger partial charge in [-0.05, 0) is 202 Å². The molecule has 8 aliphatic carbocycles. The summed E-state index contributed by atoms with van der Waals surface area (Å²) in [5.74, 6) is 5.58. The number of carboxylic acids is 1. The first-order valence-electron chi connectivity index (χ1n) is 23.4. The molecule has 0 aromatic rings. The lowest BCUT2D eigenvalue weighted by Gasteiger charge is -2.62. The second-order valence-electron chi connectivity index (χ2n) is 22.6. The first-order valence-corrected chi connectivity index (χ1v) is 23.4. The average molecular weight is 751 g/mol. The smallest absolute Gasteiger partial charge is 0.306 e. The van der Waals surface area contributed by atoms with E-state index in [1.165, 1.54) is 70.6 Å². The molecule has 8 rings (SSSR count). The Morgan fingerprint density at radius 3 is 1.67 bits per heavy atom. The number of aliphatic hydroxyl groups is 2. The minimum Gasteiger partial charge on any atom is -0.481 e. The van der Waals surface area contributed by atoms with Crippen LogP contribution in [0.3, 0.4) is 0 Å². The summed E-state index contributed by atoms with van der Waals surface area (Å²) in [7, 11) is 0. The summed E-state index contributed by atoms with van der Waals surface area (Å²) in [6, 6.07) is 0. The van der Waals surface area contributed by atoms with Gasteiger partial charge in [0.1, 0.15) is 6.10 Å². The lowest BCUT2D eigenvalue weighted by Crippen LogP contribution is -2.58. The monoisotopic (exact) mass is 751 g/mol. The summed E-state index contributed by atoms with van der Waals surface area (Å²) in [6.45, 7) is 14.8. The number of rotatable bonds is 9. The van der Waals surface area contributed by atoms with Gasteiger partial charge >= 0.3 is 11.9 Å². The predicted octanol–water partition coefficient (Wildman–Crippen LogP) is 10.5. The number of ether oxygens (including phenoxy) is 1. The van der Waals surface area contributed by atoms with Crippen LogP contribution in [0.1, 0.15) is 176 Å². The van der Waals surface area contributed by atoms with Crippen LogP contribution in [-0.4, -0.2) is 45.6 Å². The predicted molar refractivity (Wildman–Crippen MR) is 212 cm³/mol. The van der Waals surface area contributed by atoms with Crippen molar-refractivity contribution in [2.45, 2.75) is 195 Å². The van der Waals surface area contributed by atoms with E-state index in [2.05, 4.69) is 41.5 Å². The van der Waals surface area contributed by atoms with Gasteiger partial charge in [0.25, 0.3) is 0 Å². The minimum absolute atomic E-state index is 0.0190. The zero-order valence-electron chi connectivity index (χ0n) is 35.1. The van der Waals surface area contributed by atoms with E-state index >= 15 is 0 Å². The molecular formula is C48H78O6. The summed E-state index contributed by atoms with van der Waals surface area (Å²) in [6.07, 6.45) is 21.8. The van der Waals surface area contributed by atoms with Gasteiger partial charge in [0.15, 0.2) is 0 Å². The van der Waals surface area contributed by atoms with E-state index < -0.39 is 5.97 Å². The summed E-state index contributed by atoms with van der Waals surface area (Å²) >= 11 is 0. The van der Waals surface area contributed by atoms with Crippen molar-refractivity contribution in [1.29, 1.82) is 0 Å². The topological polar surface area (TPSA) is 104 Å². The van der Waals surface area contributed by atoms with E-state index in [0.29, 0.717) is 82.9 Å². The van der Waals surface area contributed by atoms with E-state index in [4.69, 9.17) is 4.74 Å². The van der Waals surface area contributed by atoms with E-state index in [1.54, 1.807) is 0 Å². The minimum atomic E-state index is -0.691. The Morgan fingerprint density at radius 1 is 0.593 bits per heavy atom. The van der Waals surface area contributed by atoms with Crippen LogP contribution < -0.4 is 0 Å². The molecule has 19 atom stereocenters. The fourth-order valence-electron chi connectivity index (χ4n) is 17.8. The first-order chi connectivity index (χ1) is 25.6. The van der Waals surface area contributed by atoms with Crippen molar-refractivity contribution in [1.82, 2.24) is 0 Å². The fourth-order valence-corrected chi connectivity index (χ4v) is 17.8. The van der Waals surface area contributed by atoms with Crippen molar-refractivity contribution in [2.75, 3.05) is 0 Å². The Hall–Kier alpha value is -1.14. The highest BCUT2D eigenvalue weighted by molar-refractivity contribution is 5.69. The van der Waals surface area contributed by atoms with Crippen LogP contribution >= 0.6 is 0 Å². The fraction of sp³-hybridized carbons (Fsp3) is 0.958. The van der Waals surface area contributed by atoms with Crippen LogP contribution in [0.2, 0.25) is 0 Å². The molecule has 306 valence electrons. The molecule has 0 spiro atoms. The van der Waals surface area contributed by atoms with Crippen molar-refractivity contribution in [3.05, 3.63) is 0 Å². The number of esters is 1. The van der Waals surface area contributed by atoms with Crippen LogP contribution in [0.25, 0.3) is 0 Å². The summed E-state index contributed by atoms with van der Waals surface area (Å²) in [5, 5.41) is 32.9. The van der Waals surface area contributed by atoms with Crippen molar-refractivity contribution in [2.24, 2.45) is 92.7 Å². The molecular weight excluding hydrogens is 673 g/mol. The van der Waals surface area contributed by atoms with E-state index in [-0.39, 0.29) is 46.9 Å². The first kappa shape index (κ1) is 39.7. The molecule has 0 saturated heterocycles. The van der Waals surface area contributed by atoms with Gasteiger partial charge in [-0.1, -0.05) is 54.4 Å². The van der Waals surface area contributed by atoms with Crippen molar-refractivity contribution in [3.8, 4) is 0 Å². The molecule has 3 N–H and O–H groups in total. The molecule has 0 bridgehead atoms. The summed E-state index contributed by atoms with van der Waals surface area (Å²) in [4.78, 5) is 24.9. The Morgan fingerprint density at radius 2 is 1.09 bits per heavy atom. The number of hydrogen-bond acceptors (Lipinski definition) is 5. The Labute approximate surface area is 328 Å². The molecule has 6 heteroatoms. The van der Waals surface area contributed by atoms with Gasteiger partial charge in [-0.2, -0.15) is 0 Å². The number of aliphatic hydroxyl groups excluding tert-OH is 2. The highest BCUT2D eigenvalue weighted by Crippen LogP contribution is 2.70. The number of carboxylic acid groups (broad SMARTS) is 1. The van der Waals surface area contributed by atoms with E-state index in [9.17, 15) is 24.9 Å². The molecule has 0 heterocycles. The second kappa shape index (κ2) is 14.6. The van der Waals surface area contributed by atoms with Gasteiger partial charge in [-0.25, -0.2) is 0 Å². The quantitative estimate of drug-likeness (QED) is 0.203. The van der Waals surface area contributed by atoms with Gasteiger partial charge in [-0.3, -0.25) is 9.59 Å². The molecule has 8 aliphatic rings. The zero-order chi connectivity index (χ0) is 38.4. The molecule has 8 saturated carbocycles. The van der Waals surface area contributed by atoms with Gasteiger partial charge < -0.3 is 20.1 Å². The van der Waals surface area contributed by atoms with Crippen molar-refractivity contribution in [3.63, 3.8) is 0 Å². The lowest BCUT2D eigenvalue weighted by molar-refractivity contribution is -0.183. The second-order valence-corrected chi connectivity index (χ2v) is 22.6. The molecule has 16 unspecified atom stereocenters. The maximum atomic E-state index is 13.5. The molecule has 0 aromatic carbocycles. The molecule has 54 heavy (non-hydrogen) atoms. The maximum Gasteiger partial charge on any atom is 0.306 e. The third-order valence-electron chi connectivity index (χ3n) is 20.7. The number of aliphatic carboxylic acids is 1. The normalized spacial score (nSPS) is 52.0. The van der Waals surface area contributed by atoms with Gasteiger partial charge in [-0.15, -0.1) is 0 Å². The van der Waals surface area contributed by atoms with Gasteiger partial charge in [0.2, 0.25) is 0 Å². The Kier molecular flexibility index (Phi) is 10.7. The zero-order valence-corrected chi connectivity index (χ0v) is 35.1. The van der Waals surface area contributed by atoms with Crippen molar-refractivity contribution < 1.29 is 29.6 Å². The lowest BCUT2D eigenvalue weighted by atomic mass is 9.43. The third-order valence-corrected chi connectivity index (χ3v) is 20.7. The van der Waals surface area contributed by atoms with Crippen LogP contribution in [0.4, 0.5) is 0 Å². The SMILES string of the molecule is C[C@H](CCC(=O)O[C@@H]1CCC2(C)C(CC(O)C3C2CCC2(C)C3CCC2[C@H](C)CCC(=O)O)C1)C1CCC2C3C(O)CC4CCCCC4(C)C3CCC21C. The van der Waals surface area contributed by atoms with Crippen LogP contribution in [0.5, 0.6) is 0 Å². The highest BCUT2D eigenvalue weighted by Gasteiger charge is 2.64. The standard InChI is InChI=1S/C48H78O6/c1-28(10-16-41(51)52)33-12-14-36-44-38(20-24-47(33,36)5)46(4)22-18-32(25-31(46)27-40(44)50)54-42(53)17-11-29(2)34-13-15-35-43-37(19-23-48(34,35)6)45(3)21-8-7-9-30(45)26-39(43)49/h28-40,43-44,49-50H,7-27H2,1-6H3,(H,51,52)/t28-,29-,30?,31?,32-,33?,34?,35?,36?,37?,38?,39?,40?,43?,44?,45?,46?,47?,48?/m1/s1. The van der Waals surface area contributed by atoms with Crippen LogP contribution in [-0.2, 0) is 14.3 Å². The molecule has 8 fully saturated rings. The Bertz CT molecular complexity index is 1400. The largest absolute Gasteiger partial charge is 0.481 e. The van der Waals surface area contributed by atoms with Crippen LogP contribution in [0.15, 0.2) is 0 Å². The average Bonchev–Trinajstić information content (AvgIpc) is 3.67. The highest BCUT2D eigenvalue weighted by atomic mass is 16.5. The Balaban J connectivity index is 0.846. The molecule has 0 amide bonds. The maximum absolute atomic E-state index is 13.5. The number of fused-ring (bicyclic) bond motifs is 10.